The number of aromatic nitrogens is 2. The lowest BCUT2D eigenvalue weighted by molar-refractivity contribution is -0.0543. The number of nitrogens with zero attached hydrogens (tertiary/aromatic N) is 2. The lowest BCUT2D eigenvalue weighted by Gasteiger charge is -2.32. The predicted octanol–water partition coefficient (Wildman–Crippen LogP) is 6.03. The Morgan fingerprint density at radius 1 is 1.18 bits per heavy atom. The topological polar surface area (TPSA) is 53.4 Å². The van der Waals surface area contributed by atoms with Crippen molar-refractivity contribution < 1.29 is 9.47 Å². The summed E-state index contributed by atoms with van der Waals surface area (Å²) >= 11 is 3.22. The van der Waals surface area contributed by atoms with Gasteiger partial charge in [-0.1, -0.05) is 49.0 Å². The quantitative estimate of drug-likeness (QED) is 0.233. The molecule has 0 N–H and O–H groups in total. The predicted molar refractivity (Wildman–Crippen MR) is 140 cm³/mol. The Labute approximate surface area is 207 Å². The minimum absolute atomic E-state index is 0.00442. The van der Waals surface area contributed by atoms with Gasteiger partial charge in [0.25, 0.3) is 5.56 Å². The van der Waals surface area contributed by atoms with E-state index >= 15 is 0 Å². The van der Waals surface area contributed by atoms with E-state index in [0.717, 1.165) is 62.3 Å². The Hall–Kier alpha value is -2.61. The average Bonchev–Trinajstić information content (AvgIpc) is 3.22. The molecule has 2 aromatic carbocycles. The number of thiophene rings is 1. The van der Waals surface area contributed by atoms with Crippen molar-refractivity contribution in [3.8, 4) is 11.4 Å². The van der Waals surface area contributed by atoms with Crippen LogP contribution in [-0.4, -0.2) is 28.0 Å². The van der Waals surface area contributed by atoms with Gasteiger partial charge in [-0.25, -0.2) is 4.98 Å². The molecule has 1 aliphatic heterocycles. The number of hydrogen-bond donors (Lipinski definition) is 0. The molecule has 1 aliphatic rings. The highest BCUT2D eigenvalue weighted by Gasteiger charge is 2.33. The SMILES string of the molecule is CCC1(C)Cc2c(sc3nc(SCCc4ccccc4)n(-c4ccc(OC)cc4)c(=O)c23)CO1. The van der Waals surface area contributed by atoms with E-state index in [1.807, 2.05) is 30.3 Å². The standard InChI is InChI=1S/C27H28N2O3S2/c1-4-27(2)16-21-22(17-32-27)34-24-23(21)25(30)29(19-10-12-20(31-3)13-11-19)26(28-24)33-15-14-18-8-6-5-7-9-18/h5-13H,4,14-17H2,1-3H3. The van der Waals surface area contributed by atoms with Gasteiger partial charge in [-0.05, 0) is 55.2 Å². The second-order valence-electron chi connectivity index (χ2n) is 8.77. The van der Waals surface area contributed by atoms with Crippen LogP contribution < -0.4 is 10.3 Å². The van der Waals surface area contributed by atoms with Gasteiger partial charge in [0.15, 0.2) is 5.16 Å². The first-order valence-electron chi connectivity index (χ1n) is 11.5. The monoisotopic (exact) mass is 492 g/mol. The number of benzene rings is 2. The van der Waals surface area contributed by atoms with Crippen molar-refractivity contribution in [3.05, 3.63) is 81.0 Å². The molecule has 0 aliphatic carbocycles. The Morgan fingerprint density at radius 3 is 2.65 bits per heavy atom. The molecule has 1 unspecified atom stereocenters. The van der Waals surface area contributed by atoms with E-state index in [4.69, 9.17) is 14.5 Å². The van der Waals surface area contributed by atoms with Gasteiger partial charge in [-0.15, -0.1) is 11.3 Å². The zero-order valence-corrected chi connectivity index (χ0v) is 21.3. The second kappa shape index (κ2) is 9.56. The van der Waals surface area contributed by atoms with E-state index in [1.165, 1.54) is 5.56 Å². The maximum Gasteiger partial charge on any atom is 0.267 e. The average molecular weight is 493 g/mol. The molecule has 0 saturated heterocycles. The van der Waals surface area contributed by atoms with Crippen LogP contribution in [0.15, 0.2) is 64.5 Å². The molecule has 0 bridgehead atoms. The van der Waals surface area contributed by atoms with Crippen LogP contribution in [0.4, 0.5) is 0 Å². The molecule has 0 spiro atoms. The van der Waals surface area contributed by atoms with Gasteiger partial charge in [-0.3, -0.25) is 9.36 Å². The lowest BCUT2D eigenvalue weighted by Crippen LogP contribution is -2.34. The normalized spacial score (nSPS) is 17.6. The minimum atomic E-state index is -0.249. The first-order chi connectivity index (χ1) is 16.5. The maximum atomic E-state index is 14.0. The maximum absolute atomic E-state index is 14.0. The Balaban J connectivity index is 1.60. The van der Waals surface area contributed by atoms with E-state index in [2.05, 4.69) is 38.1 Å². The second-order valence-corrected chi connectivity index (χ2v) is 10.9. The van der Waals surface area contributed by atoms with Crippen molar-refractivity contribution in [2.45, 2.75) is 50.5 Å². The van der Waals surface area contributed by atoms with E-state index in [0.29, 0.717) is 6.61 Å². The first kappa shape index (κ1) is 23.1. The summed E-state index contributed by atoms with van der Waals surface area (Å²) in [6.45, 7) is 4.80. The fourth-order valence-corrected chi connectivity index (χ4v) is 6.43. The summed E-state index contributed by atoms with van der Waals surface area (Å²) in [5.74, 6) is 1.59. The number of fused-ring (bicyclic) bond motifs is 3. The smallest absolute Gasteiger partial charge is 0.267 e. The van der Waals surface area contributed by atoms with Crippen molar-refractivity contribution in [2.24, 2.45) is 0 Å². The highest BCUT2D eigenvalue weighted by Crippen LogP contribution is 2.39. The zero-order chi connectivity index (χ0) is 23.7. The first-order valence-corrected chi connectivity index (χ1v) is 13.3. The number of thioether (sulfide) groups is 1. The molecular weight excluding hydrogens is 464 g/mol. The highest BCUT2D eigenvalue weighted by molar-refractivity contribution is 7.99. The van der Waals surface area contributed by atoms with Crippen molar-refractivity contribution in [1.29, 1.82) is 0 Å². The van der Waals surface area contributed by atoms with Gasteiger partial charge in [0, 0.05) is 17.1 Å². The summed E-state index contributed by atoms with van der Waals surface area (Å²) in [6, 6.07) is 18.0. The van der Waals surface area contributed by atoms with Crippen LogP contribution in [0, 0.1) is 0 Å². The molecule has 4 aromatic rings. The fourth-order valence-electron chi connectivity index (χ4n) is 4.29. The molecule has 1 atom stereocenters. The third-order valence-electron chi connectivity index (χ3n) is 6.52. The van der Waals surface area contributed by atoms with Crippen LogP contribution in [0.3, 0.4) is 0 Å². The van der Waals surface area contributed by atoms with Gasteiger partial charge in [0.1, 0.15) is 10.6 Å². The van der Waals surface area contributed by atoms with Crippen molar-refractivity contribution in [1.82, 2.24) is 9.55 Å². The number of methoxy groups -OCH3 is 1. The van der Waals surface area contributed by atoms with Crippen molar-refractivity contribution in [2.75, 3.05) is 12.9 Å². The van der Waals surface area contributed by atoms with Crippen LogP contribution in [0.25, 0.3) is 15.9 Å². The molecule has 7 heteroatoms. The molecule has 34 heavy (non-hydrogen) atoms. The van der Waals surface area contributed by atoms with Crippen LogP contribution in [0.2, 0.25) is 0 Å². The molecule has 2 aromatic heterocycles. The number of hydrogen-bond acceptors (Lipinski definition) is 6. The third-order valence-corrected chi connectivity index (χ3v) is 8.56. The summed E-state index contributed by atoms with van der Waals surface area (Å²) in [4.78, 5) is 21.0. The summed E-state index contributed by atoms with van der Waals surface area (Å²) in [7, 11) is 1.64. The van der Waals surface area contributed by atoms with Gasteiger partial charge < -0.3 is 9.47 Å². The molecule has 5 nitrogen and oxygen atoms in total. The Kier molecular flexibility index (Phi) is 6.51. The van der Waals surface area contributed by atoms with Gasteiger partial charge in [0.05, 0.1) is 30.4 Å². The molecule has 0 radical (unpaired) electrons. The molecule has 5 rings (SSSR count). The number of rotatable bonds is 7. The Morgan fingerprint density at radius 2 is 1.94 bits per heavy atom. The summed E-state index contributed by atoms with van der Waals surface area (Å²) in [5, 5.41) is 1.46. The molecule has 176 valence electrons. The van der Waals surface area contributed by atoms with E-state index < -0.39 is 0 Å². The highest BCUT2D eigenvalue weighted by atomic mass is 32.2. The summed E-state index contributed by atoms with van der Waals surface area (Å²) in [5.41, 5.74) is 2.93. The van der Waals surface area contributed by atoms with Crippen molar-refractivity contribution >= 4 is 33.3 Å². The zero-order valence-electron chi connectivity index (χ0n) is 19.7. The van der Waals surface area contributed by atoms with Gasteiger partial charge in [-0.2, -0.15) is 0 Å². The fraction of sp³-hybridized carbons (Fsp3) is 0.333. The Bertz CT molecular complexity index is 1360. The third kappa shape index (κ3) is 4.40. The van der Waals surface area contributed by atoms with E-state index in [1.54, 1.807) is 34.8 Å². The van der Waals surface area contributed by atoms with Crippen molar-refractivity contribution in [3.63, 3.8) is 0 Å². The lowest BCUT2D eigenvalue weighted by atomic mass is 9.90. The van der Waals surface area contributed by atoms with Crippen LogP contribution in [0.5, 0.6) is 5.75 Å². The van der Waals surface area contributed by atoms with Gasteiger partial charge in [0.2, 0.25) is 0 Å². The molecular formula is C27H28N2O3S2. The number of ether oxygens (including phenoxy) is 2. The summed E-state index contributed by atoms with van der Waals surface area (Å²) in [6.07, 6.45) is 2.54. The molecule has 0 amide bonds. The van der Waals surface area contributed by atoms with E-state index in [9.17, 15) is 4.79 Å². The largest absolute Gasteiger partial charge is 0.497 e. The summed E-state index contributed by atoms with van der Waals surface area (Å²) < 4.78 is 13.2. The van der Waals surface area contributed by atoms with E-state index in [-0.39, 0.29) is 11.2 Å². The van der Waals surface area contributed by atoms with Crippen LogP contribution in [0.1, 0.15) is 36.3 Å². The minimum Gasteiger partial charge on any atom is -0.497 e. The molecule has 0 fully saturated rings. The number of aryl methyl sites for hydroxylation is 1. The van der Waals surface area contributed by atoms with Gasteiger partial charge >= 0.3 is 0 Å². The van der Waals surface area contributed by atoms with Crippen LogP contribution in [-0.2, 0) is 24.2 Å². The van der Waals surface area contributed by atoms with Crippen LogP contribution >= 0.6 is 23.1 Å². The molecule has 3 heterocycles. The molecule has 0 saturated carbocycles.